The molecule has 0 aliphatic carbocycles. The van der Waals surface area contributed by atoms with Gasteiger partial charge in [0.15, 0.2) is 28.3 Å². The molecule has 3 rings (SSSR count). The number of aromatic amines is 1. The van der Waals surface area contributed by atoms with Crippen molar-refractivity contribution in [2.45, 2.75) is 6.92 Å². The normalized spacial score (nSPS) is 10.8. The molecule has 0 bridgehead atoms. The van der Waals surface area contributed by atoms with Gasteiger partial charge in [-0.25, -0.2) is 14.8 Å². The fourth-order valence-electron chi connectivity index (χ4n) is 2.31. The van der Waals surface area contributed by atoms with Crippen LogP contribution < -0.4 is 5.32 Å². The third kappa shape index (κ3) is 4.38. The van der Waals surface area contributed by atoms with E-state index in [9.17, 15) is 9.70 Å². The lowest BCUT2D eigenvalue weighted by Crippen LogP contribution is -2.00. The molecule has 9 nitrogen and oxygen atoms in total. The lowest BCUT2D eigenvalue weighted by Gasteiger charge is -2.06. The van der Waals surface area contributed by atoms with Crippen molar-refractivity contribution in [3.63, 3.8) is 0 Å². The van der Waals surface area contributed by atoms with Crippen LogP contribution in [0.3, 0.4) is 0 Å². The van der Waals surface area contributed by atoms with Crippen molar-refractivity contribution in [3.8, 4) is 0 Å². The van der Waals surface area contributed by atoms with Crippen LogP contribution in [0, 0.1) is 11.8 Å². The van der Waals surface area contributed by atoms with Gasteiger partial charge >= 0.3 is 5.97 Å². The Morgan fingerprint density at radius 1 is 1.25 bits per heavy atom. The molecule has 0 saturated carbocycles. The molecule has 0 amide bonds. The van der Waals surface area contributed by atoms with Crippen molar-refractivity contribution in [1.29, 1.82) is 0 Å². The van der Waals surface area contributed by atoms with Gasteiger partial charge in [-0.2, -0.15) is 5.10 Å². The van der Waals surface area contributed by atoms with E-state index in [0.717, 1.165) is 11.3 Å². The van der Waals surface area contributed by atoms with Gasteiger partial charge in [-0.15, -0.1) is 4.91 Å². The third-order valence-corrected chi connectivity index (χ3v) is 3.92. The van der Waals surface area contributed by atoms with Crippen molar-refractivity contribution in [3.05, 3.63) is 63.0 Å². The van der Waals surface area contributed by atoms with Crippen LogP contribution in [-0.4, -0.2) is 33.2 Å². The summed E-state index contributed by atoms with van der Waals surface area (Å²) >= 11 is 6.06. The Hall–Kier alpha value is -3.59. The fraction of sp³-hybridized carbons (Fsp3) is 0.111. The summed E-state index contributed by atoms with van der Waals surface area (Å²) in [6, 6.07) is 8.52. The molecule has 142 valence electrons. The van der Waals surface area contributed by atoms with Gasteiger partial charge in [-0.1, -0.05) is 29.8 Å². The molecule has 28 heavy (non-hydrogen) atoms. The Morgan fingerprint density at radius 2 is 2.00 bits per heavy atom. The summed E-state index contributed by atoms with van der Waals surface area (Å²) in [7, 11) is 1.32. The molecule has 0 spiro atoms. The number of methoxy groups -OCH3 is 1. The fourth-order valence-corrected chi connectivity index (χ4v) is 2.52. The second-order valence-corrected chi connectivity index (χ2v) is 6.03. The van der Waals surface area contributed by atoms with Crippen LogP contribution in [0.4, 0.5) is 17.3 Å². The number of benzene rings is 1. The molecule has 2 heterocycles. The number of carbonyl (C=O) groups excluding carboxylic acids is 1. The van der Waals surface area contributed by atoms with Crippen molar-refractivity contribution in [2.24, 2.45) is 5.18 Å². The molecule has 2 N–H and O–H groups in total. The minimum absolute atomic E-state index is 0.0829. The number of rotatable bonds is 6. The van der Waals surface area contributed by atoms with E-state index in [0.29, 0.717) is 11.4 Å². The van der Waals surface area contributed by atoms with Crippen molar-refractivity contribution in [1.82, 2.24) is 20.2 Å². The zero-order valence-corrected chi connectivity index (χ0v) is 15.7. The number of esters is 1. The van der Waals surface area contributed by atoms with E-state index < -0.39 is 5.97 Å². The molecule has 0 atom stereocenters. The van der Waals surface area contributed by atoms with E-state index in [1.165, 1.54) is 7.11 Å². The number of hydrogen-bond acceptors (Lipinski definition) is 8. The van der Waals surface area contributed by atoms with E-state index in [-0.39, 0.29) is 22.5 Å². The number of ether oxygens (including phenoxy) is 1. The zero-order chi connectivity index (χ0) is 20.1. The largest absolute Gasteiger partial charge is 0.465 e. The summed E-state index contributed by atoms with van der Waals surface area (Å²) in [6.07, 6.45) is 3.36. The molecule has 0 fully saturated rings. The molecule has 10 heteroatoms. The summed E-state index contributed by atoms with van der Waals surface area (Å²) in [5, 5.41) is 12.5. The predicted molar refractivity (Wildman–Crippen MR) is 106 cm³/mol. The van der Waals surface area contributed by atoms with Gasteiger partial charge in [-0.3, -0.25) is 5.10 Å². The van der Waals surface area contributed by atoms with E-state index in [2.05, 4.69) is 35.4 Å². The number of nitrogens with zero attached hydrogens (tertiary/aromatic N) is 4. The van der Waals surface area contributed by atoms with Crippen LogP contribution in [0.1, 0.15) is 27.4 Å². The molecule has 3 aromatic rings. The first kappa shape index (κ1) is 19.2. The Labute approximate surface area is 164 Å². The number of hydrogen-bond donors (Lipinski definition) is 2. The van der Waals surface area contributed by atoms with Crippen molar-refractivity contribution in [2.75, 3.05) is 12.4 Å². The average Bonchev–Trinajstić information content (AvgIpc) is 3.10. The molecular formula is C18H15ClN6O3. The monoisotopic (exact) mass is 398 g/mol. The van der Waals surface area contributed by atoms with E-state index >= 15 is 0 Å². The van der Waals surface area contributed by atoms with Gasteiger partial charge in [0.2, 0.25) is 0 Å². The van der Waals surface area contributed by atoms with Crippen LogP contribution in [0.2, 0.25) is 5.15 Å². The Balaban J connectivity index is 1.86. The van der Waals surface area contributed by atoms with E-state index in [4.69, 9.17) is 11.6 Å². The van der Waals surface area contributed by atoms with Gasteiger partial charge < -0.3 is 10.1 Å². The number of aryl methyl sites for hydroxylation is 1. The maximum Gasteiger partial charge on any atom is 0.337 e. The van der Waals surface area contributed by atoms with Crippen LogP contribution in [0.15, 0.2) is 35.5 Å². The highest BCUT2D eigenvalue weighted by Crippen LogP contribution is 2.32. The summed E-state index contributed by atoms with van der Waals surface area (Å²) in [5.74, 6) is 0.462. The first-order chi connectivity index (χ1) is 13.5. The van der Waals surface area contributed by atoms with Crippen LogP contribution in [0.25, 0.3) is 12.2 Å². The first-order valence-electron chi connectivity index (χ1n) is 8.06. The van der Waals surface area contributed by atoms with Gasteiger partial charge in [0.05, 0.1) is 12.7 Å². The Bertz CT molecular complexity index is 1050. The summed E-state index contributed by atoms with van der Waals surface area (Å²) < 4.78 is 4.66. The van der Waals surface area contributed by atoms with Gasteiger partial charge in [-0.05, 0) is 35.9 Å². The van der Waals surface area contributed by atoms with Crippen molar-refractivity contribution >= 4 is 47.0 Å². The number of aromatic nitrogens is 4. The lowest BCUT2D eigenvalue weighted by molar-refractivity contribution is 0.0600. The number of H-pyrrole nitrogens is 1. The molecular weight excluding hydrogens is 384 g/mol. The Morgan fingerprint density at radius 3 is 2.61 bits per heavy atom. The van der Waals surface area contributed by atoms with E-state index in [1.54, 1.807) is 42.5 Å². The van der Waals surface area contributed by atoms with Gasteiger partial charge in [0, 0.05) is 11.8 Å². The summed E-state index contributed by atoms with van der Waals surface area (Å²) in [6.45, 7) is 1.84. The number of anilines is 2. The van der Waals surface area contributed by atoms with E-state index in [1.807, 2.05) is 6.92 Å². The van der Waals surface area contributed by atoms with Crippen LogP contribution >= 0.6 is 11.6 Å². The molecule has 0 saturated heterocycles. The number of carbonyl (C=O) groups is 1. The van der Waals surface area contributed by atoms with Crippen LogP contribution in [-0.2, 0) is 4.74 Å². The minimum Gasteiger partial charge on any atom is -0.465 e. The number of nitroso groups, excluding NO2 is 1. The zero-order valence-electron chi connectivity index (χ0n) is 14.9. The van der Waals surface area contributed by atoms with Gasteiger partial charge in [0.25, 0.3) is 0 Å². The summed E-state index contributed by atoms with van der Waals surface area (Å²) in [4.78, 5) is 30.9. The van der Waals surface area contributed by atoms with Crippen LogP contribution in [0.5, 0.6) is 0 Å². The second kappa shape index (κ2) is 8.40. The first-order valence-corrected chi connectivity index (χ1v) is 8.44. The van der Waals surface area contributed by atoms with Gasteiger partial charge in [0.1, 0.15) is 0 Å². The number of halogens is 1. The molecule has 0 aliphatic rings. The SMILES string of the molecule is COC(=O)c1ccc(/C=C/c2nc(Cl)c(N=O)c(Nc3cc(C)[nH]n3)n2)cc1. The average molecular weight is 399 g/mol. The quantitative estimate of drug-likeness (QED) is 0.361. The Kier molecular flexibility index (Phi) is 5.75. The smallest absolute Gasteiger partial charge is 0.337 e. The highest BCUT2D eigenvalue weighted by molar-refractivity contribution is 6.32. The number of nitrogens with one attached hydrogen (secondary N) is 2. The molecule has 1 aromatic carbocycles. The standard InChI is InChI=1S/C18H15ClN6O3/c1-10-9-14(24-23-10)22-17-15(25-27)16(19)20-13(21-17)8-5-11-3-6-12(7-4-11)18(26)28-2/h3-9H,1-2H3,(H2,20,21,22,23,24)/b8-5+. The highest BCUT2D eigenvalue weighted by Gasteiger charge is 2.14. The van der Waals surface area contributed by atoms with Crippen molar-refractivity contribution < 1.29 is 9.53 Å². The third-order valence-electron chi connectivity index (χ3n) is 3.66. The topological polar surface area (TPSA) is 122 Å². The molecule has 0 aliphatic heterocycles. The second-order valence-electron chi connectivity index (χ2n) is 5.67. The predicted octanol–water partition coefficient (Wildman–Crippen LogP) is 4.26. The molecule has 2 aromatic heterocycles. The lowest BCUT2D eigenvalue weighted by atomic mass is 10.1. The molecule has 0 radical (unpaired) electrons. The maximum atomic E-state index is 11.5. The summed E-state index contributed by atoms with van der Waals surface area (Å²) in [5.41, 5.74) is 1.98. The maximum absolute atomic E-state index is 11.5. The minimum atomic E-state index is -0.410. The highest BCUT2D eigenvalue weighted by atomic mass is 35.5. The molecule has 0 unspecified atom stereocenters.